The summed E-state index contributed by atoms with van der Waals surface area (Å²) in [5.74, 6) is -0.464. The van der Waals surface area contributed by atoms with Gasteiger partial charge < -0.3 is 0 Å². The average Bonchev–Trinajstić information content (AvgIpc) is 2.27. The highest BCUT2D eigenvalue weighted by molar-refractivity contribution is 7.99. The molecule has 0 atom stereocenters. The summed E-state index contributed by atoms with van der Waals surface area (Å²) in [7, 11) is 0. The normalized spacial score (nSPS) is 10.6. The van der Waals surface area contributed by atoms with E-state index in [0.717, 1.165) is 16.7 Å². The molecule has 0 unspecified atom stereocenters. The standard InChI is InChI=1S/C11H5Cl3FNS/c12-6-3-10(15)11(16-5-6)17-7-1-2-8(13)9(14)4-7/h1-5H. The largest absolute Gasteiger partial charge is 0.245 e. The van der Waals surface area contributed by atoms with Crippen LogP contribution >= 0.6 is 46.6 Å². The third kappa shape index (κ3) is 3.26. The van der Waals surface area contributed by atoms with Crippen LogP contribution in [0, 0.1) is 5.82 Å². The van der Waals surface area contributed by atoms with Gasteiger partial charge in [-0.3, -0.25) is 0 Å². The molecule has 2 rings (SSSR count). The lowest BCUT2D eigenvalue weighted by atomic mass is 10.4. The molecule has 17 heavy (non-hydrogen) atoms. The summed E-state index contributed by atoms with van der Waals surface area (Å²) < 4.78 is 13.5. The molecule has 0 radical (unpaired) electrons. The Kier molecular flexibility index (Phi) is 4.15. The van der Waals surface area contributed by atoms with E-state index >= 15 is 0 Å². The van der Waals surface area contributed by atoms with Crippen molar-refractivity contribution in [3.63, 3.8) is 0 Å². The van der Waals surface area contributed by atoms with Crippen LogP contribution in [-0.2, 0) is 0 Å². The van der Waals surface area contributed by atoms with Crippen LogP contribution in [0.5, 0.6) is 0 Å². The Labute approximate surface area is 117 Å². The number of hydrogen-bond acceptors (Lipinski definition) is 2. The van der Waals surface area contributed by atoms with E-state index in [1.165, 1.54) is 12.3 Å². The van der Waals surface area contributed by atoms with Gasteiger partial charge in [0.25, 0.3) is 0 Å². The minimum Gasteiger partial charge on any atom is -0.245 e. The number of halogens is 4. The summed E-state index contributed by atoms with van der Waals surface area (Å²) in [5, 5.41) is 1.39. The fourth-order valence-corrected chi connectivity index (χ4v) is 2.43. The first-order valence-corrected chi connectivity index (χ1v) is 6.45. The van der Waals surface area contributed by atoms with Crippen molar-refractivity contribution in [2.45, 2.75) is 9.92 Å². The molecule has 1 heterocycles. The fourth-order valence-electron chi connectivity index (χ4n) is 1.13. The Hall–Kier alpha value is -0.480. The third-order valence-corrected chi connectivity index (χ3v) is 3.81. The molecule has 0 aliphatic heterocycles. The lowest BCUT2D eigenvalue weighted by Crippen LogP contribution is -1.86. The summed E-state index contributed by atoms with van der Waals surface area (Å²) in [6.45, 7) is 0. The number of pyridine rings is 1. The molecule has 0 spiro atoms. The Bertz CT molecular complexity index is 562. The van der Waals surface area contributed by atoms with Crippen molar-refractivity contribution in [2.75, 3.05) is 0 Å². The van der Waals surface area contributed by atoms with Crippen LogP contribution in [0.2, 0.25) is 15.1 Å². The van der Waals surface area contributed by atoms with Crippen LogP contribution in [0.3, 0.4) is 0 Å². The molecule has 0 amide bonds. The predicted octanol–water partition coefficient (Wildman–Crippen LogP) is 5.33. The second-order valence-corrected chi connectivity index (χ2v) is 5.43. The topological polar surface area (TPSA) is 12.9 Å². The Morgan fingerprint density at radius 1 is 1.06 bits per heavy atom. The van der Waals surface area contributed by atoms with Crippen molar-refractivity contribution in [2.24, 2.45) is 0 Å². The summed E-state index contributed by atoms with van der Waals surface area (Å²) >= 11 is 18.4. The molecule has 0 aliphatic rings. The summed E-state index contributed by atoms with van der Waals surface area (Å²) in [6.07, 6.45) is 1.39. The second kappa shape index (κ2) is 5.44. The zero-order valence-electron chi connectivity index (χ0n) is 8.25. The molecule has 2 aromatic rings. The number of benzene rings is 1. The van der Waals surface area contributed by atoms with E-state index in [0.29, 0.717) is 10.0 Å². The van der Waals surface area contributed by atoms with Gasteiger partial charge in [0, 0.05) is 11.1 Å². The van der Waals surface area contributed by atoms with E-state index in [9.17, 15) is 4.39 Å². The van der Waals surface area contributed by atoms with Gasteiger partial charge in [0.2, 0.25) is 0 Å². The van der Waals surface area contributed by atoms with Crippen LogP contribution in [-0.4, -0.2) is 4.98 Å². The van der Waals surface area contributed by atoms with E-state index < -0.39 is 5.82 Å². The molecule has 6 heteroatoms. The van der Waals surface area contributed by atoms with Crippen molar-refractivity contribution in [3.8, 4) is 0 Å². The third-order valence-electron chi connectivity index (χ3n) is 1.88. The second-order valence-electron chi connectivity index (χ2n) is 3.12. The SMILES string of the molecule is Fc1cc(Cl)cnc1Sc1ccc(Cl)c(Cl)c1. The number of rotatable bonds is 2. The van der Waals surface area contributed by atoms with Gasteiger partial charge in [-0.1, -0.05) is 46.6 Å². The molecule has 0 aliphatic carbocycles. The minimum absolute atomic E-state index is 0.243. The van der Waals surface area contributed by atoms with E-state index in [1.807, 2.05) is 0 Å². The summed E-state index contributed by atoms with van der Waals surface area (Å²) in [6, 6.07) is 6.27. The highest BCUT2D eigenvalue weighted by Crippen LogP contribution is 2.33. The number of hydrogen-bond donors (Lipinski definition) is 0. The van der Waals surface area contributed by atoms with E-state index in [2.05, 4.69) is 4.98 Å². The molecule has 0 saturated heterocycles. The molecule has 1 aromatic heterocycles. The zero-order chi connectivity index (χ0) is 12.4. The molecule has 0 N–H and O–H groups in total. The van der Waals surface area contributed by atoms with E-state index in [-0.39, 0.29) is 10.0 Å². The van der Waals surface area contributed by atoms with Crippen LogP contribution in [0.25, 0.3) is 0 Å². The van der Waals surface area contributed by atoms with Crippen molar-refractivity contribution in [1.82, 2.24) is 4.98 Å². The van der Waals surface area contributed by atoms with Gasteiger partial charge in [0.1, 0.15) is 5.03 Å². The molecule has 1 aromatic carbocycles. The fraction of sp³-hybridized carbons (Fsp3) is 0. The minimum atomic E-state index is -0.464. The summed E-state index contributed by atoms with van der Waals surface area (Å²) in [4.78, 5) is 4.66. The maximum atomic E-state index is 13.5. The molecular formula is C11H5Cl3FNS. The van der Waals surface area contributed by atoms with Gasteiger partial charge in [0.05, 0.1) is 15.1 Å². The zero-order valence-corrected chi connectivity index (χ0v) is 11.3. The van der Waals surface area contributed by atoms with Gasteiger partial charge in [-0.25, -0.2) is 9.37 Å². The molecular weight excluding hydrogens is 304 g/mol. The van der Waals surface area contributed by atoms with Gasteiger partial charge >= 0.3 is 0 Å². The maximum absolute atomic E-state index is 13.5. The monoisotopic (exact) mass is 307 g/mol. The van der Waals surface area contributed by atoms with E-state index in [1.54, 1.807) is 18.2 Å². The van der Waals surface area contributed by atoms with Crippen LogP contribution in [0.4, 0.5) is 4.39 Å². The van der Waals surface area contributed by atoms with Crippen LogP contribution in [0.15, 0.2) is 40.4 Å². The van der Waals surface area contributed by atoms with E-state index in [4.69, 9.17) is 34.8 Å². The Balaban J connectivity index is 2.28. The first-order chi connectivity index (χ1) is 8.06. The van der Waals surface area contributed by atoms with Crippen molar-refractivity contribution in [1.29, 1.82) is 0 Å². The molecule has 88 valence electrons. The van der Waals surface area contributed by atoms with Crippen molar-refractivity contribution < 1.29 is 4.39 Å². The van der Waals surface area contributed by atoms with Gasteiger partial charge in [0.15, 0.2) is 5.82 Å². The van der Waals surface area contributed by atoms with Crippen molar-refractivity contribution >= 4 is 46.6 Å². The lowest BCUT2D eigenvalue weighted by molar-refractivity contribution is 0.588. The Morgan fingerprint density at radius 2 is 1.82 bits per heavy atom. The molecule has 0 bridgehead atoms. The predicted molar refractivity (Wildman–Crippen MR) is 69.8 cm³/mol. The molecule has 1 nitrogen and oxygen atoms in total. The lowest BCUT2D eigenvalue weighted by Gasteiger charge is -2.03. The highest BCUT2D eigenvalue weighted by atomic mass is 35.5. The van der Waals surface area contributed by atoms with Gasteiger partial charge in [-0.2, -0.15) is 0 Å². The average molecular weight is 309 g/mol. The van der Waals surface area contributed by atoms with Gasteiger partial charge in [-0.15, -0.1) is 0 Å². The Morgan fingerprint density at radius 3 is 2.47 bits per heavy atom. The van der Waals surface area contributed by atoms with Crippen molar-refractivity contribution in [3.05, 3.63) is 51.3 Å². The van der Waals surface area contributed by atoms with Crippen LogP contribution < -0.4 is 0 Å². The number of nitrogens with zero attached hydrogens (tertiary/aromatic N) is 1. The first-order valence-electron chi connectivity index (χ1n) is 4.50. The smallest absolute Gasteiger partial charge is 0.157 e. The maximum Gasteiger partial charge on any atom is 0.157 e. The molecule has 0 fully saturated rings. The van der Waals surface area contributed by atoms with Gasteiger partial charge in [-0.05, 0) is 24.3 Å². The first kappa shape index (κ1) is 13.0. The highest BCUT2D eigenvalue weighted by Gasteiger charge is 2.08. The molecule has 0 saturated carbocycles. The number of aromatic nitrogens is 1. The quantitative estimate of drug-likeness (QED) is 0.743. The summed E-state index contributed by atoms with van der Waals surface area (Å²) in [5.41, 5.74) is 0. The van der Waals surface area contributed by atoms with Crippen LogP contribution in [0.1, 0.15) is 0 Å².